The van der Waals surface area contributed by atoms with E-state index in [1.165, 1.54) is 5.56 Å². The summed E-state index contributed by atoms with van der Waals surface area (Å²) in [5.74, 6) is 0.813. The summed E-state index contributed by atoms with van der Waals surface area (Å²) in [6, 6.07) is 7.83. The summed E-state index contributed by atoms with van der Waals surface area (Å²) < 4.78 is 11.1. The number of aryl methyl sites for hydroxylation is 1. The van der Waals surface area contributed by atoms with Crippen molar-refractivity contribution in [3.63, 3.8) is 0 Å². The molecule has 0 heterocycles. The Bertz CT molecular complexity index is 448. The van der Waals surface area contributed by atoms with Crippen LogP contribution in [0, 0.1) is 6.92 Å². The molecule has 1 atom stereocenters. The van der Waals surface area contributed by atoms with Gasteiger partial charge in [0.2, 0.25) is 0 Å². The van der Waals surface area contributed by atoms with Crippen molar-refractivity contribution >= 4 is 6.09 Å². The predicted octanol–water partition coefficient (Wildman–Crippen LogP) is 4.02. The van der Waals surface area contributed by atoms with E-state index in [1.54, 1.807) is 4.90 Å². The minimum Gasteiger partial charge on any atom is -0.491 e. The molecule has 4 heteroatoms. The fourth-order valence-corrected chi connectivity index (χ4v) is 1.88. The van der Waals surface area contributed by atoms with Crippen LogP contribution >= 0.6 is 0 Å². The lowest BCUT2D eigenvalue weighted by molar-refractivity contribution is 0.0143. The van der Waals surface area contributed by atoms with Crippen molar-refractivity contribution < 1.29 is 14.3 Å². The summed E-state index contributed by atoms with van der Waals surface area (Å²) >= 11 is 0. The normalized spacial score (nSPS) is 12.7. The lowest BCUT2D eigenvalue weighted by Gasteiger charge is -2.30. The highest BCUT2D eigenvalue weighted by Crippen LogP contribution is 2.15. The average Bonchev–Trinajstić information content (AvgIpc) is 2.36. The summed E-state index contributed by atoms with van der Waals surface area (Å²) in [6.07, 6.45) is -0.301. The highest BCUT2D eigenvalue weighted by atomic mass is 16.6. The highest BCUT2D eigenvalue weighted by molar-refractivity contribution is 5.68. The smallest absolute Gasteiger partial charge is 0.410 e. The molecule has 0 radical (unpaired) electrons. The molecule has 1 aromatic carbocycles. The molecule has 0 aliphatic rings. The van der Waals surface area contributed by atoms with Crippen molar-refractivity contribution in [2.45, 2.75) is 53.2 Å². The zero-order chi connectivity index (χ0) is 16.0. The molecule has 0 N–H and O–H groups in total. The van der Waals surface area contributed by atoms with Gasteiger partial charge in [0.25, 0.3) is 0 Å². The number of carbonyl (C=O) groups excluding carboxylic acids is 1. The van der Waals surface area contributed by atoms with Crippen LogP contribution in [0.15, 0.2) is 24.3 Å². The van der Waals surface area contributed by atoms with Gasteiger partial charge >= 0.3 is 6.09 Å². The lowest BCUT2D eigenvalue weighted by atomic mass is 10.2. The summed E-state index contributed by atoms with van der Waals surface area (Å²) in [6.45, 7) is 12.6. The molecular formula is C17H27NO3. The Morgan fingerprint density at radius 1 is 1.24 bits per heavy atom. The molecule has 1 unspecified atom stereocenters. The Labute approximate surface area is 128 Å². The van der Waals surface area contributed by atoms with Gasteiger partial charge in [-0.15, -0.1) is 0 Å². The quantitative estimate of drug-likeness (QED) is 0.823. The van der Waals surface area contributed by atoms with E-state index in [-0.39, 0.29) is 12.1 Å². The maximum Gasteiger partial charge on any atom is 0.410 e. The molecule has 1 rings (SSSR count). The van der Waals surface area contributed by atoms with Crippen LogP contribution in [0.4, 0.5) is 4.79 Å². The van der Waals surface area contributed by atoms with E-state index in [4.69, 9.17) is 9.47 Å². The predicted molar refractivity (Wildman–Crippen MR) is 84.8 cm³/mol. The Hall–Kier alpha value is -1.71. The summed E-state index contributed by atoms with van der Waals surface area (Å²) in [7, 11) is 0. The number of amides is 1. The molecular weight excluding hydrogens is 266 g/mol. The molecule has 21 heavy (non-hydrogen) atoms. The number of hydrogen-bond acceptors (Lipinski definition) is 3. The second-order valence-electron chi connectivity index (χ2n) is 6.24. The maximum atomic E-state index is 12.1. The van der Waals surface area contributed by atoms with Crippen molar-refractivity contribution in [3.8, 4) is 5.75 Å². The number of likely N-dealkylation sites (N-methyl/N-ethyl adjacent to an activating group) is 1. The molecule has 0 aliphatic heterocycles. The first kappa shape index (κ1) is 17.3. The van der Waals surface area contributed by atoms with Crippen molar-refractivity contribution in [1.29, 1.82) is 0 Å². The molecule has 0 spiro atoms. The van der Waals surface area contributed by atoms with Gasteiger partial charge in [0.1, 0.15) is 18.0 Å². The van der Waals surface area contributed by atoms with Crippen LogP contribution in [0.2, 0.25) is 0 Å². The third-order valence-corrected chi connectivity index (χ3v) is 3.01. The van der Waals surface area contributed by atoms with Gasteiger partial charge < -0.3 is 14.4 Å². The van der Waals surface area contributed by atoms with E-state index >= 15 is 0 Å². The molecule has 1 aromatic rings. The molecule has 0 saturated carbocycles. The minimum atomic E-state index is -0.484. The number of rotatable bonds is 5. The van der Waals surface area contributed by atoms with Crippen LogP contribution in [0.3, 0.4) is 0 Å². The molecule has 0 aromatic heterocycles. The largest absolute Gasteiger partial charge is 0.491 e. The topological polar surface area (TPSA) is 38.8 Å². The molecule has 0 fully saturated rings. The number of ether oxygens (including phenoxy) is 2. The fourth-order valence-electron chi connectivity index (χ4n) is 1.88. The Balaban J connectivity index is 2.56. The third-order valence-electron chi connectivity index (χ3n) is 3.01. The van der Waals surface area contributed by atoms with Gasteiger partial charge in [-0.1, -0.05) is 17.7 Å². The van der Waals surface area contributed by atoms with Gasteiger partial charge in [-0.25, -0.2) is 4.79 Å². The van der Waals surface area contributed by atoms with Crippen molar-refractivity contribution in [2.75, 3.05) is 13.2 Å². The summed E-state index contributed by atoms with van der Waals surface area (Å²) in [4.78, 5) is 13.8. The molecule has 4 nitrogen and oxygen atoms in total. The highest BCUT2D eigenvalue weighted by Gasteiger charge is 2.25. The van der Waals surface area contributed by atoms with Gasteiger partial charge in [-0.2, -0.15) is 0 Å². The third kappa shape index (κ3) is 6.06. The van der Waals surface area contributed by atoms with E-state index < -0.39 is 5.60 Å². The number of hydrogen-bond donors (Lipinski definition) is 0. The van der Waals surface area contributed by atoms with Crippen molar-refractivity contribution in [2.24, 2.45) is 0 Å². The van der Waals surface area contributed by atoms with Gasteiger partial charge in [-0.3, -0.25) is 0 Å². The van der Waals surface area contributed by atoms with E-state index in [0.717, 1.165) is 5.75 Å². The average molecular weight is 293 g/mol. The van der Waals surface area contributed by atoms with Crippen LogP contribution in [0.25, 0.3) is 0 Å². The number of benzene rings is 1. The van der Waals surface area contributed by atoms with Gasteiger partial charge in [0, 0.05) is 6.54 Å². The second-order valence-corrected chi connectivity index (χ2v) is 6.24. The van der Waals surface area contributed by atoms with Crippen molar-refractivity contribution in [1.82, 2.24) is 4.90 Å². The van der Waals surface area contributed by atoms with Gasteiger partial charge in [0.05, 0.1) is 6.04 Å². The molecule has 118 valence electrons. The zero-order valence-corrected chi connectivity index (χ0v) is 14.0. The minimum absolute atomic E-state index is 0.0499. The van der Waals surface area contributed by atoms with E-state index in [9.17, 15) is 4.79 Å². The summed E-state index contributed by atoms with van der Waals surface area (Å²) in [5.41, 5.74) is 0.710. The van der Waals surface area contributed by atoms with Crippen LogP contribution in [-0.2, 0) is 4.74 Å². The van der Waals surface area contributed by atoms with Gasteiger partial charge in [-0.05, 0) is 53.7 Å². The molecule has 0 saturated heterocycles. The first-order valence-corrected chi connectivity index (χ1v) is 7.42. The first-order valence-electron chi connectivity index (χ1n) is 7.42. The number of nitrogens with zero attached hydrogens (tertiary/aromatic N) is 1. The van der Waals surface area contributed by atoms with Gasteiger partial charge in [0.15, 0.2) is 0 Å². The van der Waals surface area contributed by atoms with E-state index in [1.807, 2.05) is 65.8 Å². The lowest BCUT2D eigenvalue weighted by Crippen LogP contribution is -2.44. The van der Waals surface area contributed by atoms with E-state index in [2.05, 4.69) is 0 Å². The SMILES string of the molecule is CCN(C(=O)OC(C)(C)C)C(C)COc1ccc(C)cc1. The number of carbonyl (C=O) groups is 1. The van der Waals surface area contributed by atoms with Crippen LogP contribution in [-0.4, -0.2) is 35.8 Å². The second kappa shape index (κ2) is 7.34. The monoisotopic (exact) mass is 293 g/mol. The Kier molecular flexibility index (Phi) is 6.06. The van der Waals surface area contributed by atoms with Crippen LogP contribution < -0.4 is 4.74 Å². The Morgan fingerprint density at radius 2 is 1.81 bits per heavy atom. The maximum absolute atomic E-state index is 12.1. The van der Waals surface area contributed by atoms with Crippen LogP contribution in [0.1, 0.15) is 40.2 Å². The van der Waals surface area contributed by atoms with E-state index in [0.29, 0.717) is 13.2 Å². The Morgan fingerprint density at radius 3 is 2.29 bits per heavy atom. The molecule has 1 amide bonds. The van der Waals surface area contributed by atoms with Crippen LogP contribution in [0.5, 0.6) is 5.75 Å². The van der Waals surface area contributed by atoms with Crippen molar-refractivity contribution in [3.05, 3.63) is 29.8 Å². The molecule has 0 aliphatic carbocycles. The standard InChI is InChI=1S/C17H27NO3/c1-7-18(16(19)21-17(4,5)6)14(3)12-20-15-10-8-13(2)9-11-15/h8-11,14H,7,12H2,1-6H3. The molecule has 0 bridgehead atoms. The fraction of sp³-hybridized carbons (Fsp3) is 0.588. The first-order chi connectivity index (χ1) is 9.73. The zero-order valence-electron chi connectivity index (χ0n) is 14.0. The summed E-state index contributed by atoms with van der Waals surface area (Å²) in [5, 5.41) is 0.